The highest BCUT2D eigenvalue weighted by molar-refractivity contribution is 6.34. The largest absolute Gasteiger partial charge is 0.380 e. The number of carbonyl (C=O) groups excluding carboxylic acids is 2. The average Bonchev–Trinajstić information content (AvgIpc) is 3.39. The van der Waals surface area contributed by atoms with Gasteiger partial charge in [0.15, 0.2) is 0 Å². The lowest BCUT2D eigenvalue weighted by Gasteiger charge is -2.26. The minimum Gasteiger partial charge on any atom is -0.380 e. The maximum Gasteiger partial charge on any atom is 0.274 e. The highest BCUT2D eigenvalue weighted by Gasteiger charge is 2.63. The molecule has 2 aromatic carbocycles. The second kappa shape index (κ2) is 8.46. The van der Waals surface area contributed by atoms with E-state index in [1.165, 1.54) is 0 Å². The summed E-state index contributed by atoms with van der Waals surface area (Å²) in [4.78, 5) is 38.6. The fourth-order valence-electron chi connectivity index (χ4n) is 5.04. The summed E-state index contributed by atoms with van der Waals surface area (Å²) in [6.07, 6.45) is 5.59. The zero-order chi connectivity index (χ0) is 24.2. The van der Waals surface area contributed by atoms with Crippen molar-refractivity contribution in [1.29, 1.82) is 0 Å². The molecule has 1 aromatic heterocycles. The molecule has 0 radical (unpaired) electrons. The van der Waals surface area contributed by atoms with Crippen LogP contribution in [0.25, 0.3) is 10.8 Å². The van der Waals surface area contributed by atoms with Crippen LogP contribution >= 0.6 is 11.6 Å². The Hall–Kier alpha value is -3.23. The van der Waals surface area contributed by atoms with Crippen molar-refractivity contribution < 1.29 is 14.3 Å². The molecule has 2 aliphatic carbocycles. The summed E-state index contributed by atoms with van der Waals surface area (Å²) in [5.74, 6) is -0.0651. The van der Waals surface area contributed by atoms with Crippen LogP contribution in [-0.4, -0.2) is 34.8 Å². The summed E-state index contributed by atoms with van der Waals surface area (Å²) in [5.41, 5.74) is 1.06. The van der Waals surface area contributed by atoms with Gasteiger partial charge in [0.1, 0.15) is 0 Å². The van der Waals surface area contributed by atoms with E-state index in [4.69, 9.17) is 16.3 Å². The molecule has 3 fully saturated rings. The van der Waals surface area contributed by atoms with E-state index in [9.17, 15) is 14.4 Å². The van der Waals surface area contributed by atoms with Crippen molar-refractivity contribution >= 4 is 39.9 Å². The number of anilines is 1. The van der Waals surface area contributed by atoms with Crippen LogP contribution < -0.4 is 16.2 Å². The second-order valence-corrected chi connectivity index (χ2v) is 10.2. The van der Waals surface area contributed by atoms with E-state index in [-0.39, 0.29) is 28.8 Å². The van der Waals surface area contributed by atoms with Crippen LogP contribution in [0.1, 0.15) is 47.6 Å². The lowest BCUT2D eigenvalue weighted by atomic mass is 9.93. The molecule has 9 heteroatoms. The monoisotopic (exact) mass is 492 g/mol. The Labute approximate surface area is 206 Å². The number of amides is 2. The predicted molar refractivity (Wildman–Crippen MR) is 132 cm³/mol. The number of fused-ring (bicyclic) bond motifs is 2. The molecule has 6 rings (SSSR count). The van der Waals surface area contributed by atoms with Crippen LogP contribution in [0.4, 0.5) is 5.69 Å². The molecule has 2 amide bonds. The average molecular weight is 493 g/mol. The molecule has 3 aromatic rings. The third kappa shape index (κ3) is 3.90. The normalized spacial score (nSPS) is 22.9. The van der Waals surface area contributed by atoms with E-state index in [1.54, 1.807) is 47.3 Å². The zero-order valence-corrected chi connectivity index (χ0v) is 19.8. The Bertz CT molecular complexity index is 1420. The van der Waals surface area contributed by atoms with E-state index in [0.717, 1.165) is 36.6 Å². The molecular formula is C26H25ClN4O4. The van der Waals surface area contributed by atoms with Gasteiger partial charge in [0.05, 0.1) is 46.8 Å². The number of ether oxygens (including phenoxy) is 1. The first kappa shape index (κ1) is 22.2. The standard InChI is InChI=1S/C26H25ClN4O4/c27-22-7-4-15(11-28-25(34)26-10-17(26)13-35-14-26)8-21(22)23(32)30-18-6-5-16-12-29-31(19-2-1-3-19)24(33)20(16)9-18/h4-9,12,17,19H,1-3,10-11,13-14H2,(H,28,34)(H,30,32)/t17-,26-/m1/s1. The van der Waals surface area contributed by atoms with E-state index in [1.807, 2.05) is 0 Å². The van der Waals surface area contributed by atoms with Crippen LogP contribution in [0.15, 0.2) is 47.4 Å². The molecule has 2 heterocycles. The molecule has 1 saturated heterocycles. The van der Waals surface area contributed by atoms with Gasteiger partial charge in [-0.05, 0) is 55.5 Å². The molecule has 180 valence electrons. The van der Waals surface area contributed by atoms with Crippen LogP contribution in [0.2, 0.25) is 5.02 Å². The Kier molecular flexibility index (Phi) is 5.38. The molecule has 35 heavy (non-hydrogen) atoms. The first-order valence-corrected chi connectivity index (χ1v) is 12.3. The number of nitrogens with one attached hydrogen (secondary N) is 2. The third-order valence-electron chi connectivity index (χ3n) is 7.58. The van der Waals surface area contributed by atoms with Crippen LogP contribution in [-0.2, 0) is 16.1 Å². The fourth-order valence-corrected chi connectivity index (χ4v) is 5.24. The van der Waals surface area contributed by atoms with Crippen molar-refractivity contribution in [3.8, 4) is 0 Å². The van der Waals surface area contributed by atoms with E-state index < -0.39 is 0 Å². The van der Waals surface area contributed by atoms with Crippen LogP contribution in [0, 0.1) is 11.3 Å². The molecular weight excluding hydrogens is 468 g/mol. The summed E-state index contributed by atoms with van der Waals surface area (Å²) in [7, 11) is 0. The molecule has 2 atom stereocenters. The topological polar surface area (TPSA) is 102 Å². The van der Waals surface area contributed by atoms with Gasteiger partial charge in [-0.2, -0.15) is 5.10 Å². The maximum atomic E-state index is 13.0. The Morgan fingerprint density at radius 3 is 2.77 bits per heavy atom. The predicted octanol–water partition coefficient (Wildman–Crippen LogP) is 3.68. The molecule has 0 bridgehead atoms. The van der Waals surface area contributed by atoms with Gasteiger partial charge in [0.25, 0.3) is 11.5 Å². The minimum atomic E-state index is -0.388. The van der Waals surface area contributed by atoms with Gasteiger partial charge < -0.3 is 15.4 Å². The van der Waals surface area contributed by atoms with Crippen molar-refractivity contribution in [2.24, 2.45) is 11.3 Å². The van der Waals surface area contributed by atoms with Crippen LogP contribution in [0.5, 0.6) is 0 Å². The quantitative estimate of drug-likeness (QED) is 0.546. The Morgan fingerprint density at radius 1 is 1.20 bits per heavy atom. The summed E-state index contributed by atoms with van der Waals surface area (Å²) in [6.45, 7) is 1.43. The van der Waals surface area contributed by atoms with Crippen molar-refractivity contribution in [3.05, 3.63) is 69.1 Å². The van der Waals surface area contributed by atoms with Crippen molar-refractivity contribution in [2.45, 2.75) is 38.3 Å². The number of carbonyl (C=O) groups is 2. The molecule has 8 nitrogen and oxygen atoms in total. The number of halogens is 1. The summed E-state index contributed by atoms with van der Waals surface area (Å²) in [5, 5.41) is 11.7. The number of benzene rings is 2. The SMILES string of the molecule is O=C(Nc1ccc2cnn(C3CCC3)c(=O)c2c1)c1cc(CNC(=O)[C@]23COC[C@H]2C3)ccc1Cl. The summed E-state index contributed by atoms with van der Waals surface area (Å²) >= 11 is 6.32. The Morgan fingerprint density at radius 2 is 2.06 bits per heavy atom. The number of hydrogen-bond acceptors (Lipinski definition) is 5. The maximum absolute atomic E-state index is 13.0. The molecule has 1 aliphatic heterocycles. The van der Waals surface area contributed by atoms with Gasteiger partial charge >= 0.3 is 0 Å². The third-order valence-corrected chi connectivity index (χ3v) is 7.91. The van der Waals surface area contributed by atoms with Gasteiger partial charge in [-0.1, -0.05) is 23.7 Å². The number of hydrogen-bond donors (Lipinski definition) is 2. The van der Waals surface area contributed by atoms with Gasteiger partial charge in [-0.25, -0.2) is 4.68 Å². The highest BCUT2D eigenvalue weighted by atomic mass is 35.5. The lowest BCUT2D eigenvalue weighted by molar-refractivity contribution is -0.127. The van der Waals surface area contributed by atoms with Gasteiger partial charge in [-0.3, -0.25) is 14.4 Å². The van der Waals surface area contributed by atoms with Gasteiger partial charge in [-0.15, -0.1) is 0 Å². The molecule has 0 spiro atoms. The fraction of sp³-hybridized carbons (Fsp3) is 0.385. The molecule has 2 N–H and O–H groups in total. The summed E-state index contributed by atoms with van der Waals surface area (Å²) in [6, 6.07) is 10.5. The number of nitrogens with zero attached hydrogens (tertiary/aromatic N) is 2. The smallest absolute Gasteiger partial charge is 0.274 e. The van der Waals surface area contributed by atoms with E-state index in [0.29, 0.717) is 47.3 Å². The Balaban J connectivity index is 1.18. The lowest BCUT2D eigenvalue weighted by Crippen LogP contribution is -2.33. The molecule has 3 aliphatic rings. The van der Waals surface area contributed by atoms with E-state index in [2.05, 4.69) is 15.7 Å². The minimum absolute atomic E-state index is 0.000776. The molecule has 0 unspecified atom stereocenters. The van der Waals surface area contributed by atoms with Crippen molar-refractivity contribution in [3.63, 3.8) is 0 Å². The highest BCUT2D eigenvalue weighted by Crippen LogP contribution is 2.57. The van der Waals surface area contributed by atoms with Gasteiger partial charge in [0, 0.05) is 23.5 Å². The second-order valence-electron chi connectivity index (χ2n) is 9.80. The molecule has 2 saturated carbocycles. The summed E-state index contributed by atoms with van der Waals surface area (Å²) < 4.78 is 6.96. The van der Waals surface area contributed by atoms with Crippen molar-refractivity contribution in [1.82, 2.24) is 15.1 Å². The number of rotatable bonds is 6. The first-order chi connectivity index (χ1) is 16.9. The van der Waals surface area contributed by atoms with Crippen molar-refractivity contribution in [2.75, 3.05) is 18.5 Å². The zero-order valence-electron chi connectivity index (χ0n) is 19.1. The van der Waals surface area contributed by atoms with Crippen LogP contribution in [0.3, 0.4) is 0 Å². The first-order valence-electron chi connectivity index (χ1n) is 11.9. The van der Waals surface area contributed by atoms with E-state index >= 15 is 0 Å². The van der Waals surface area contributed by atoms with Gasteiger partial charge in [0.2, 0.25) is 5.91 Å². The number of aromatic nitrogens is 2.